The highest BCUT2D eigenvalue weighted by molar-refractivity contribution is 8.23. The van der Waals surface area contributed by atoms with Gasteiger partial charge in [0.05, 0.1) is 26.2 Å². The molecule has 0 N–H and O–H groups in total. The zero-order chi connectivity index (χ0) is 13.8. The van der Waals surface area contributed by atoms with E-state index in [1.54, 1.807) is 32.6 Å². The predicted molar refractivity (Wildman–Crippen MR) is 79.0 cm³/mol. The molecule has 0 aliphatic carbocycles. The molecule has 0 radical (unpaired) electrons. The standard InChI is InChI=1S/C12H12N2O3S2/c1-16-9-4-3-8(5-10(9)17-2)6-13-14-11(15)7-19-12(14)18/h3-6H,7H2,1-2H3/b13-6+. The van der Waals surface area contributed by atoms with Crippen LogP contribution >= 0.6 is 24.0 Å². The van der Waals surface area contributed by atoms with Gasteiger partial charge in [-0.2, -0.15) is 10.1 Å². The molecule has 0 saturated carbocycles. The molecular formula is C12H12N2O3S2. The second-order valence-corrected chi connectivity index (χ2v) is 5.23. The van der Waals surface area contributed by atoms with Crippen molar-refractivity contribution in [2.75, 3.05) is 20.0 Å². The summed E-state index contributed by atoms with van der Waals surface area (Å²) in [6, 6.07) is 5.37. The maximum Gasteiger partial charge on any atom is 0.259 e. The van der Waals surface area contributed by atoms with Gasteiger partial charge in [-0.3, -0.25) is 4.79 Å². The van der Waals surface area contributed by atoms with Crippen LogP contribution in [0.4, 0.5) is 0 Å². The number of thioether (sulfide) groups is 1. The molecule has 1 aromatic rings. The summed E-state index contributed by atoms with van der Waals surface area (Å²) in [5.41, 5.74) is 0.796. The molecule has 1 fully saturated rings. The first kappa shape index (κ1) is 13.8. The van der Waals surface area contributed by atoms with Crippen LogP contribution in [0.1, 0.15) is 5.56 Å². The Morgan fingerprint density at radius 2 is 2.11 bits per heavy atom. The molecule has 1 heterocycles. The quantitative estimate of drug-likeness (QED) is 0.627. The zero-order valence-electron chi connectivity index (χ0n) is 10.5. The van der Waals surface area contributed by atoms with Gasteiger partial charge in [-0.05, 0) is 23.8 Å². The SMILES string of the molecule is COc1ccc(/C=N/N2C(=O)CSC2=S)cc1OC. The van der Waals surface area contributed by atoms with Gasteiger partial charge in [-0.1, -0.05) is 24.0 Å². The largest absolute Gasteiger partial charge is 0.493 e. The number of hydrogen-bond donors (Lipinski definition) is 0. The van der Waals surface area contributed by atoms with Crippen LogP contribution in [0.3, 0.4) is 0 Å². The lowest BCUT2D eigenvalue weighted by Crippen LogP contribution is -2.22. The summed E-state index contributed by atoms with van der Waals surface area (Å²) in [5, 5.41) is 5.32. The first-order valence-electron chi connectivity index (χ1n) is 5.41. The van der Waals surface area contributed by atoms with Crippen molar-refractivity contribution in [2.45, 2.75) is 0 Å². The molecule has 19 heavy (non-hydrogen) atoms. The predicted octanol–water partition coefficient (Wildman–Crippen LogP) is 1.90. The summed E-state index contributed by atoms with van der Waals surface area (Å²) >= 11 is 6.34. The number of methoxy groups -OCH3 is 2. The van der Waals surface area contributed by atoms with Crippen LogP contribution in [0, 0.1) is 0 Å². The van der Waals surface area contributed by atoms with Crippen LogP contribution in [0.2, 0.25) is 0 Å². The number of carbonyl (C=O) groups excluding carboxylic acids is 1. The van der Waals surface area contributed by atoms with Gasteiger partial charge in [0.1, 0.15) is 0 Å². The van der Waals surface area contributed by atoms with E-state index in [1.165, 1.54) is 16.8 Å². The van der Waals surface area contributed by atoms with E-state index in [9.17, 15) is 4.79 Å². The van der Waals surface area contributed by atoms with E-state index in [1.807, 2.05) is 6.07 Å². The number of hydrogen-bond acceptors (Lipinski definition) is 6. The van der Waals surface area contributed by atoms with E-state index in [2.05, 4.69) is 5.10 Å². The highest BCUT2D eigenvalue weighted by atomic mass is 32.2. The van der Waals surface area contributed by atoms with Crippen molar-refractivity contribution in [1.29, 1.82) is 0 Å². The first-order valence-corrected chi connectivity index (χ1v) is 6.81. The number of hydrazone groups is 1. The molecule has 2 rings (SSSR count). The Kier molecular flexibility index (Phi) is 4.39. The lowest BCUT2D eigenvalue weighted by atomic mass is 10.2. The fourth-order valence-electron chi connectivity index (χ4n) is 1.52. The van der Waals surface area contributed by atoms with Crippen molar-refractivity contribution < 1.29 is 14.3 Å². The number of thiocarbonyl (C=S) groups is 1. The third-order valence-corrected chi connectivity index (χ3v) is 3.80. The topological polar surface area (TPSA) is 51.1 Å². The number of benzene rings is 1. The van der Waals surface area contributed by atoms with Crippen molar-refractivity contribution in [3.8, 4) is 11.5 Å². The van der Waals surface area contributed by atoms with Crippen LogP contribution in [0.15, 0.2) is 23.3 Å². The summed E-state index contributed by atoms with van der Waals surface area (Å²) < 4.78 is 10.8. The first-order chi connectivity index (χ1) is 9.15. The lowest BCUT2D eigenvalue weighted by molar-refractivity contribution is -0.123. The Labute approximate surface area is 120 Å². The molecule has 5 nitrogen and oxygen atoms in total. The van der Waals surface area contributed by atoms with Crippen LogP contribution in [-0.2, 0) is 4.79 Å². The van der Waals surface area contributed by atoms with Crippen molar-refractivity contribution >= 4 is 40.4 Å². The summed E-state index contributed by atoms with van der Waals surface area (Å²) in [5.74, 6) is 1.49. The Morgan fingerprint density at radius 3 is 2.68 bits per heavy atom. The van der Waals surface area contributed by atoms with Crippen molar-refractivity contribution in [3.05, 3.63) is 23.8 Å². The second kappa shape index (κ2) is 6.03. The van der Waals surface area contributed by atoms with E-state index < -0.39 is 0 Å². The molecule has 7 heteroatoms. The van der Waals surface area contributed by atoms with Crippen LogP contribution in [-0.4, -0.2) is 41.4 Å². The van der Waals surface area contributed by atoms with Crippen LogP contribution in [0.25, 0.3) is 0 Å². The number of rotatable bonds is 4. The Hall–Kier alpha value is -1.60. The third kappa shape index (κ3) is 3.05. The van der Waals surface area contributed by atoms with E-state index in [4.69, 9.17) is 21.7 Å². The van der Waals surface area contributed by atoms with Crippen molar-refractivity contribution in [3.63, 3.8) is 0 Å². The average molecular weight is 296 g/mol. The fourth-order valence-corrected chi connectivity index (χ4v) is 2.48. The molecule has 100 valence electrons. The molecule has 0 spiro atoms. The van der Waals surface area contributed by atoms with Gasteiger partial charge < -0.3 is 9.47 Å². The molecule has 0 atom stereocenters. The van der Waals surface area contributed by atoms with Crippen molar-refractivity contribution in [1.82, 2.24) is 5.01 Å². The molecule has 0 unspecified atom stereocenters. The second-order valence-electron chi connectivity index (χ2n) is 3.62. The average Bonchev–Trinajstić information content (AvgIpc) is 2.75. The smallest absolute Gasteiger partial charge is 0.259 e. The van der Waals surface area contributed by atoms with E-state index >= 15 is 0 Å². The number of ether oxygens (including phenoxy) is 2. The number of carbonyl (C=O) groups is 1. The fraction of sp³-hybridized carbons (Fsp3) is 0.250. The van der Waals surface area contributed by atoms with Gasteiger partial charge in [0.15, 0.2) is 15.8 Å². The maximum atomic E-state index is 11.5. The molecule has 1 aliphatic rings. The lowest BCUT2D eigenvalue weighted by Gasteiger charge is -2.09. The minimum absolute atomic E-state index is 0.105. The van der Waals surface area contributed by atoms with Crippen molar-refractivity contribution in [2.24, 2.45) is 5.10 Å². The summed E-state index contributed by atoms with van der Waals surface area (Å²) in [6.07, 6.45) is 1.57. The van der Waals surface area contributed by atoms with Gasteiger partial charge in [0.25, 0.3) is 5.91 Å². The van der Waals surface area contributed by atoms with Gasteiger partial charge in [0.2, 0.25) is 0 Å². The Bertz CT molecular complexity index is 530. The van der Waals surface area contributed by atoms with Gasteiger partial charge in [-0.15, -0.1) is 0 Å². The molecule has 1 aliphatic heterocycles. The maximum absolute atomic E-state index is 11.5. The molecule has 1 saturated heterocycles. The van der Waals surface area contributed by atoms with E-state index in [-0.39, 0.29) is 5.91 Å². The number of nitrogens with zero attached hydrogens (tertiary/aromatic N) is 2. The molecule has 1 amide bonds. The van der Waals surface area contributed by atoms with E-state index in [0.29, 0.717) is 21.6 Å². The van der Waals surface area contributed by atoms with Gasteiger partial charge in [0, 0.05) is 0 Å². The monoisotopic (exact) mass is 296 g/mol. The number of amides is 1. The summed E-state index contributed by atoms with van der Waals surface area (Å²) in [7, 11) is 3.14. The Morgan fingerprint density at radius 1 is 1.37 bits per heavy atom. The third-order valence-electron chi connectivity index (χ3n) is 2.46. The van der Waals surface area contributed by atoms with Gasteiger partial charge in [-0.25, -0.2) is 0 Å². The zero-order valence-corrected chi connectivity index (χ0v) is 12.1. The summed E-state index contributed by atoms with van der Waals surface area (Å²) in [6.45, 7) is 0. The molecule has 0 bridgehead atoms. The van der Waals surface area contributed by atoms with Gasteiger partial charge >= 0.3 is 0 Å². The highest BCUT2D eigenvalue weighted by Gasteiger charge is 2.25. The minimum Gasteiger partial charge on any atom is -0.493 e. The highest BCUT2D eigenvalue weighted by Crippen LogP contribution is 2.27. The minimum atomic E-state index is -0.105. The Balaban J connectivity index is 2.19. The summed E-state index contributed by atoms with van der Waals surface area (Å²) in [4.78, 5) is 11.5. The molecule has 1 aromatic carbocycles. The normalized spacial score (nSPS) is 15.4. The molecule has 0 aromatic heterocycles. The van der Waals surface area contributed by atoms with Crippen LogP contribution < -0.4 is 9.47 Å². The van der Waals surface area contributed by atoms with E-state index in [0.717, 1.165) is 5.56 Å². The molecular weight excluding hydrogens is 284 g/mol. The van der Waals surface area contributed by atoms with Crippen LogP contribution in [0.5, 0.6) is 11.5 Å².